The van der Waals surface area contributed by atoms with Crippen molar-refractivity contribution < 1.29 is 9.53 Å². The van der Waals surface area contributed by atoms with E-state index in [0.717, 1.165) is 30.6 Å². The van der Waals surface area contributed by atoms with Crippen LogP contribution in [0.5, 0.6) is 5.75 Å². The number of hydrogen-bond acceptors (Lipinski definition) is 2. The molecule has 0 radical (unpaired) electrons. The summed E-state index contributed by atoms with van der Waals surface area (Å²) in [5.74, 6) is 0.902. The van der Waals surface area contributed by atoms with Gasteiger partial charge in [-0.25, -0.2) is 0 Å². The molecule has 0 unspecified atom stereocenters. The van der Waals surface area contributed by atoms with Crippen LogP contribution in [0.4, 0.5) is 0 Å². The molecule has 0 saturated carbocycles. The van der Waals surface area contributed by atoms with Gasteiger partial charge >= 0.3 is 0 Å². The molecule has 2 nitrogen and oxygen atoms in total. The zero-order valence-electron chi connectivity index (χ0n) is 12.5. The number of benzene rings is 1. The van der Waals surface area contributed by atoms with Crippen molar-refractivity contribution in [1.82, 2.24) is 0 Å². The van der Waals surface area contributed by atoms with Crippen LogP contribution < -0.4 is 4.74 Å². The van der Waals surface area contributed by atoms with Crippen molar-refractivity contribution >= 4 is 12.4 Å². The zero-order chi connectivity index (χ0) is 14.5. The van der Waals surface area contributed by atoms with Crippen molar-refractivity contribution in [3.8, 4) is 5.75 Å². The van der Waals surface area contributed by atoms with E-state index in [1.807, 2.05) is 24.3 Å². The van der Waals surface area contributed by atoms with Gasteiger partial charge in [0.1, 0.15) is 12.0 Å². The van der Waals surface area contributed by atoms with Crippen LogP contribution in [0.25, 0.3) is 6.08 Å². The Labute approximate surface area is 122 Å². The molecule has 1 rings (SSSR count). The van der Waals surface area contributed by atoms with Gasteiger partial charge in [-0.15, -0.1) is 0 Å². The van der Waals surface area contributed by atoms with E-state index in [1.165, 1.54) is 44.6 Å². The van der Waals surface area contributed by atoms with E-state index in [-0.39, 0.29) is 0 Å². The predicted octanol–water partition coefficient (Wildman–Crippen LogP) is 5.03. The van der Waals surface area contributed by atoms with Crippen molar-refractivity contribution in [1.29, 1.82) is 0 Å². The molecule has 20 heavy (non-hydrogen) atoms. The lowest BCUT2D eigenvalue weighted by Gasteiger charge is -2.06. The number of hydrogen-bond donors (Lipinski definition) is 0. The summed E-state index contributed by atoms with van der Waals surface area (Å²) in [6.45, 7) is 3.03. The molecule has 1 aromatic rings. The van der Waals surface area contributed by atoms with Crippen LogP contribution in [-0.4, -0.2) is 12.9 Å². The summed E-state index contributed by atoms with van der Waals surface area (Å²) in [5, 5.41) is 0. The summed E-state index contributed by atoms with van der Waals surface area (Å²) in [6.07, 6.45) is 13.1. The van der Waals surface area contributed by atoms with E-state index in [1.54, 1.807) is 6.08 Å². The lowest BCUT2D eigenvalue weighted by atomic mass is 10.1. The normalized spacial score (nSPS) is 10.8. The molecule has 0 heterocycles. The van der Waals surface area contributed by atoms with Gasteiger partial charge < -0.3 is 4.74 Å². The predicted molar refractivity (Wildman–Crippen MR) is 85.0 cm³/mol. The highest BCUT2D eigenvalue weighted by molar-refractivity contribution is 5.73. The monoisotopic (exact) mass is 274 g/mol. The first-order valence-corrected chi connectivity index (χ1v) is 7.71. The van der Waals surface area contributed by atoms with Gasteiger partial charge in [0.2, 0.25) is 0 Å². The molecule has 0 saturated heterocycles. The Hall–Kier alpha value is -1.57. The third kappa shape index (κ3) is 7.78. The maximum atomic E-state index is 10.2. The molecular formula is C18H26O2. The first kappa shape index (κ1) is 16.5. The fourth-order valence-corrected chi connectivity index (χ4v) is 2.07. The molecule has 0 aliphatic carbocycles. The van der Waals surface area contributed by atoms with Gasteiger partial charge in [-0.3, -0.25) is 4.79 Å². The molecule has 0 aromatic heterocycles. The number of unbranched alkanes of at least 4 members (excludes halogenated alkanes) is 6. The fraction of sp³-hybridized carbons (Fsp3) is 0.500. The first-order valence-electron chi connectivity index (χ1n) is 7.71. The second-order valence-corrected chi connectivity index (χ2v) is 5.03. The van der Waals surface area contributed by atoms with Gasteiger partial charge in [0.25, 0.3) is 0 Å². The number of carbonyl (C=O) groups excluding carboxylic acids is 1. The van der Waals surface area contributed by atoms with E-state index in [2.05, 4.69) is 6.92 Å². The molecule has 0 bridgehead atoms. The van der Waals surface area contributed by atoms with Crippen molar-refractivity contribution in [2.75, 3.05) is 6.61 Å². The molecule has 2 heteroatoms. The van der Waals surface area contributed by atoms with E-state index < -0.39 is 0 Å². The topological polar surface area (TPSA) is 26.3 Å². The molecule has 0 amide bonds. The van der Waals surface area contributed by atoms with Gasteiger partial charge in [-0.1, -0.05) is 63.7 Å². The van der Waals surface area contributed by atoms with Crippen LogP contribution in [0.1, 0.15) is 57.4 Å². The highest BCUT2D eigenvalue weighted by Crippen LogP contribution is 2.14. The smallest absolute Gasteiger partial charge is 0.142 e. The molecule has 1 aromatic carbocycles. The Morgan fingerprint density at radius 1 is 0.950 bits per heavy atom. The third-order valence-electron chi connectivity index (χ3n) is 3.26. The molecule has 0 N–H and O–H groups in total. The maximum absolute atomic E-state index is 10.2. The van der Waals surface area contributed by atoms with E-state index in [0.29, 0.717) is 0 Å². The Morgan fingerprint density at radius 2 is 1.60 bits per heavy atom. The van der Waals surface area contributed by atoms with Gasteiger partial charge in [-0.05, 0) is 30.2 Å². The van der Waals surface area contributed by atoms with Crippen LogP contribution in [0.3, 0.4) is 0 Å². The second-order valence-electron chi connectivity index (χ2n) is 5.03. The summed E-state index contributed by atoms with van der Waals surface area (Å²) in [6, 6.07) is 7.82. The lowest BCUT2D eigenvalue weighted by Crippen LogP contribution is -1.97. The standard InChI is InChI=1S/C18H26O2/c1-2-3-4-5-6-7-8-16-20-18-13-11-17(12-14-18)10-9-15-19/h9-15H,2-8,16H2,1H3/b10-9+. The van der Waals surface area contributed by atoms with Crippen LogP contribution >= 0.6 is 0 Å². The molecule has 0 fully saturated rings. The van der Waals surface area contributed by atoms with Crippen LogP contribution in [0.2, 0.25) is 0 Å². The Balaban J connectivity index is 2.10. The molecule has 0 spiro atoms. The minimum absolute atomic E-state index is 0.783. The van der Waals surface area contributed by atoms with Gasteiger partial charge in [0.15, 0.2) is 0 Å². The summed E-state index contributed by atoms with van der Waals surface area (Å²) >= 11 is 0. The molecule has 0 aliphatic rings. The summed E-state index contributed by atoms with van der Waals surface area (Å²) < 4.78 is 5.70. The van der Waals surface area contributed by atoms with Gasteiger partial charge in [0.05, 0.1) is 6.61 Å². The minimum atomic E-state index is 0.783. The van der Waals surface area contributed by atoms with Crippen molar-refractivity contribution in [2.45, 2.75) is 51.9 Å². The molecule has 0 aliphatic heterocycles. The Kier molecular flexibility index (Phi) is 9.29. The summed E-state index contributed by atoms with van der Waals surface area (Å²) in [4.78, 5) is 10.2. The SMILES string of the molecule is CCCCCCCCCOc1ccc(/C=C/C=O)cc1. The highest BCUT2D eigenvalue weighted by Gasteiger charge is 1.95. The summed E-state index contributed by atoms with van der Waals surface area (Å²) in [5.41, 5.74) is 1.01. The van der Waals surface area contributed by atoms with Crippen LogP contribution in [-0.2, 0) is 4.79 Å². The molecule has 110 valence electrons. The van der Waals surface area contributed by atoms with E-state index in [9.17, 15) is 4.79 Å². The fourth-order valence-electron chi connectivity index (χ4n) is 2.07. The quantitative estimate of drug-likeness (QED) is 0.321. The lowest BCUT2D eigenvalue weighted by molar-refractivity contribution is -0.104. The van der Waals surface area contributed by atoms with Crippen LogP contribution in [0.15, 0.2) is 30.3 Å². The Bertz CT molecular complexity index is 379. The van der Waals surface area contributed by atoms with Gasteiger partial charge in [-0.2, -0.15) is 0 Å². The largest absolute Gasteiger partial charge is 0.494 e. The average molecular weight is 274 g/mol. The average Bonchev–Trinajstić information content (AvgIpc) is 2.49. The number of ether oxygens (including phenoxy) is 1. The molecular weight excluding hydrogens is 248 g/mol. The van der Waals surface area contributed by atoms with Crippen molar-refractivity contribution in [3.63, 3.8) is 0 Å². The highest BCUT2D eigenvalue weighted by atomic mass is 16.5. The third-order valence-corrected chi connectivity index (χ3v) is 3.26. The maximum Gasteiger partial charge on any atom is 0.142 e. The Morgan fingerprint density at radius 3 is 2.25 bits per heavy atom. The van der Waals surface area contributed by atoms with Crippen molar-refractivity contribution in [2.24, 2.45) is 0 Å². The number of rotatable bonds is 11. The van der Waals surface area contributed by atoms with E-state index in [4.69, 9.17) is 4.74 Å². The summed E-state index contributed by atoms with van der Waals surface area (Å²) in [7, 11) is 0. The number of carbonyl (C=O) groups is 1. The van der Waals surface area contributed by atoms with Gasteiger partial charge in [0, 0.05) is 0 Å². The van der Waals surface area contributed by atoms with Crippen LogP contribution in [0, 0.1) is 0 Å². The number of allylic oxidation sites excluding steroid dienone is 1. The molecule has 0 atom stereocenters. The zero-order valence-corrected chi connectivity index (χ0v) is 12.5. The number of aldehydes is 1. The second kappa shape index (κ2) is 11.3. The first-order chi connectivity index (χ1) is 9.86. The minimum Gasteiger partial charge on any atom is -0.494 e. The van der Waals surface area contributed by atoms with E-state index >= 15 is 0 Å². The van der Waals surface area contributed by atoms with Crippen molar-refractivity contribution in [3.05, 3.63) is 35.9 Å².